The van der Waals surface area contributed by atoms with Gasteiger partial charge in [0.15, 0.2) is 0 Å². The van der Waals surface area contributed by atoms with Crippen molar-refractivity contribution in [1.29, 1.82) is 0 Å². The molecule has 1 rings (SSSR count). The summed E-state index contributed by atoms with van der Waals surface area (Å²) in [6, 6.07) is 0.0609. The number of amides is 2. The number of aliphatic hydroxyl groups excluding tert-OH is 1. The summed E-state index contributed by atoms with van der Waals surface area (Å²) >= 11 is 1.79. The zero-order valence-electron chi connectivity index (χ0n) is 10.6. The van der Waals surface area contributed by atoms with Gasteiger partial charge in [-0.25, -0.2) is 4.79 Å². The van der Waals surface area contributed by atoms with Crippen LogP contribution in [-0.2, 0) is 0 Å². The Bertz CT molecular complexity index is 227. The summed E-state index contributed by atoms with van der Waals surface area (Å²) in [5.74, 6) is 1.31. The molecular weight excluding hydrogens is 236 g/mol. The molecule has 5 heteroatoms. The van der Waals surface area contributed by atoms with Crippen LogP contribution < -0.4 is 10.6 Å². The van der Waals surface area contributed by atoms with Gasteiger partial charge in [-0.3, -0.25) is 0 Å². The lowest BCUT2D eigenvalue weighted by atomic mass is 9.85. The highest BCUT2D eigenvalue weighted by atomic mass is 32.2. The van der Waals surface area contributed by atoms with Crippen molar-refractivity contribution in [3.63, 3.8) is 0 Å². The van der Waals surface area contributed by atoms with Crippen LogP contribution in [0, 0.1) is 5.92 Å². The Kier molecular flexibility index (Phi) is 7.44. The van der Waals surface area contributed by atoms with Crippen molar-refractivity contribution in [2.45, 2.75) is 38.1 Å². The predicted molar refractivity (Wildman–Crippen MR) is 72.4 cm³/mol. The van der Waals surface area contributed by atoms with Crippen molar-refractivity contribution in [3.8, 4) is 0 Å². The number of thioether (sulfide) groups is 1. The van der Waals surface area contributed by atoms with Crippen molar-refractivity contribution in [3.05, 3.63) is 0 Å². The Hall–Kier alpha value is -0.420. The third-order valence-corrected chi connectivity index (χ3v) is 3.97. The average Bonchev–Trinajstić information content (AvgIpc) is 2.35. The number of urea groups is 1. The minimum Gasteiger partial charge on any atom is -0.396 e. The molecule has 0 radical (unpaired) electrons. The van der Waals surface area contributed by atoms with Crippen LogP contribution in [0.4, 0.5) is 4.79 Å². The lowest BCUT2D eigenvalue weighted by Crippen LogP contribution is -2.47. The van der Waals surface area contributed by atoms with Crippen LogP contribution in [0.2, 0.25) is 0 Å². The zero-order valence-corrected chi connectivity index (χ0v) is 11.4. The van der Waals surface area contributed by atoms with Gasteiger partial charge in [0.05, 0.1) is 0 Å². The van der Waals surface area contributed by atoms with Gasteiger partial charge in [0.1, 0.15) is 0 Å². The molecule has 0 aliphatic heterocycles. The summed E-state index contributed by atoms with van der Waals surface area (Å²) in [6.07, 6.45) is 7.39. The van der Waals surface area contributed by atoms with E-state index in [0.717, 1.165) is 38.0 Å². The maximum Gasteiger partial charge on any atom is 0.315 e. The molecular formula is C12H24N2O2S. The number of carbonyl (C=O) groups is 1. The molecule has 3 N–H and O–H groups in total. The van der Waals surface area contributed by atoms with Crippen LogP contribution in [-0.4, -0.2) is 42.3 Å². The van der Waals surface area contributed by atoms with Crippen LogP contribution >= 0.6 is 11.8 Å². The van der Waals surface area contributed by atoms with E-state index in [1.165, 1.54) is 6.42 Å². The van der Waals surface area contributed by atoms with Crippen LogP contribution in [0.3, 0.4) is 0 Å². The molecule has 0 aromatic heterocycles. The molecule has 0 heterocycles. The summed E-state index contributed by atoms with van der Waals surface area (Å²) in [7, 11) is 0. The SMILES string of the molecule is CSCCCNC(=O)NC1CCCCC1CO. The highest BCUT2D eigenvalue weighted by Gasteiger charge is 2.25. The van der Waals surface area contributed by atoms with Gasteiger partial charge in [-0.15, -0.1) is 0 Å². The summed E-state index contributed by atoms with van der Waals surface area (Å²) in [5.41, 5.74) is 0. The first-order valence-electron chi connectivity index (χ1n) is 6.42. The first-order chi connectivity index (χ1) is 8.27. The summed E-state index contributed by atoms with van der Waals surface area (Å²) in [5, 5.41) is 15.1. The van der Waals surface area contributed by atoms with E-state index < -0.39 is 0 Å². The second-order valence-electron chi connectivity index (χ2n) is 4.58. The number of rotatable bonds is 6. The molecule has 1 saturated carbocycles. The molecule has 0 aromatic carbocycles. The van der Waals surface area contributed by atoms with E-state index in [9.17, 15) is 9.90 Å². The highest BCUT2D eigenvalue weighted by molar-refractivity contribution is 7.98. The Morgan fingerprint density at radius 2 is 2.18 bits per heavy atom. The third kappa shape index (κ3) is 5.64. The monoisotopic (exact) mass is 260 g/mol. The van der Waals surface area contributed by atoms with Gasteiger partial charge in [0, 0.05) is 25.1 Å². The molecule has 4 nitrogen and oxygen atoms in total. The first-order valence-corrected chi connectivity index (χ1v) is 7.81. The van der Waals surface area contributed by atoms with Crippen molar-refractivity contribution in [2.24, 2.45) is 5.92 Å². The van der Waals surface area contributed by atoms with E-state index in [1.807, 2.05) is 0 Å². The maximum atomic E-state index is 11.6. The normalized spacial score (nSPS) is 24.4. The first kappa shape index (κ1) is 14.6. The molecule has 1 fully saturated rings. The Morgan fingerprint density at radius 3 is 2.88 bits per heavy atom. The standard InChI is InChI=1S/C12H24N2O2S/c1-17-8-4-7-13-12(16)14-11-6-3-2-5-10(11)9-15/h10-11,15H,2-9H2,1H3,(H2,13,14,16). The molecule has 1 aliphatic carbocycles. The molecule has 0 bridgehead atoms. The Balaban J connectivity index is 2.19. The molecule has 0 spiro atoms. The zero-order chi connectivity index (χ0) is 12.5. The number of hydrogen-bond donors (Lipinski definition) is 3. The summed E-state index contributed by atoms with van der Waals surface area (Å²) < 4.78 is 0. The second kappa shape index (κ2) is 8.64. The fourth-order valence-corrected chi connectivity index (χ4v) is 2.69. The van der Waals surface area contributed by atoms with Crippen LogP contribution in [0.15, 0.2) is 0 Å². The summed E-state index contributed by atoms with van der Waals surface area (Å²) in [6.45, 7) is 0.903. The van der Waals surface area contributed by atoms with Crippen LogP contribution in [0.5, 0.6) is 0 Å². The molecule has 1 aliphatic rings. The fraction of sp³-hybridized carbons (Fsp3) is 0.917. The predicted octanol–water partition coefficient (Wildman–Crippen LogP) is 1.59. The number of hydrogen-bond acceptors (Lipinski definition) is 3. The van der Waals surface area contributed by atoms with Gasteiger partial charge < -0.3 is 15.7 Å². The number of aliphatic hydroxyl groups is 1. The van der Waals surface area contributed by atoms with E-state index >= 15 is 0 Å². The van der Waals surface area contributed by atoms with Crippen molar-refractivity contribution < 1.29 is 9.90 Å². The van der Waals surface area contributed by atoms with Crippen molar-refractivity contribution in [1.82, 2.24) is 10.6 Å². The molecule has 2 atom stereocenters. The molecule has 100 valence electrons. The van der Waals surface area contributed by atoms with E-state index in [2.05, 4.69) is 16.9 Å². The van der Waals surface area contributed by atoms with Crippen LogP contribution in [0.25, 0.3) is 0 Å². The topological polar surface area (TPSA) is 61.4 Å². The largest absolute Gasteiger partial charge is 0.396 e. The third-order valence-electron chi connectivity index (χ3n) is 3.27. The quantitative estimate of drug-likeness (QED) is 0.636. The van der Waals surface area contributed by atoms with Crippen molar-refractivity contribution in [2.75, 3.05) is 25.2 Å². The van der Waals surface area contributed by atoms with Gasteiger partial charge in [-0.05, 0) is 31.3 Å². The second-order valence-corrected chi connectivity index (χ2v) is 5.57. The highest BCUT2D eigenvalue weighted by Crippen LogP contribution is 2.23. The Labute approximate surface area is 108 Å². The smallest absolute Gasteiger partial charge is 0.315 e. The van der Waals surface area contributed by atoms with Crippen molar-refractivity contribution >= 4 is 17.8 Å². The number of nitrogens with one attached hydrogen (secondary N) is 2. The lowest BCUT2D eigenvalue weighted by molar-refractivity contribution is 0.154. The molecule has 17 heavy (non-hydrogen) atoms. The fourth-order valence-electron chi connectivity index (χ4n) is 2.25. The molecule has 2 unspecified atom stereocenters. The minimum absolute atomic E-state index is 0.0866. The van der Waals surface area contributed by atoms with Gasteiger partial charge in [-0.2, -0.15) is 11.8 Å². The molecule has 2 amide bonds. The van der Waals surface area contributed by atoms with Gasteiger partial charge in [0.2, 0.25) is 0 Å². The van der Waals surface area contributed by atoms with Gasteiger partial charge in [-0.1, -0.05) is 12.8 Å². The van der Waals surface area contributed by atoms with E-state index in [-0.39, 0.29) is 24.6 Å². The van der Waals surface area contributed by atoms with E-state index in [4.69, 9.17) is 0 Å². The molecule has 0 aromatic rings. The Morgan fingerprint density at radius 1 is 1.41 bits per heavy atom. The summed E-state index contributed by atoms with van der Waals surface area (Å²) in [4.78, 5) is 11.6. The average molecular weight is 260 g/mol. The minimum atomic E-state index is -0.0866. The molecule has 0 saturated heterocycles. The lowest BCUT2D eigenvalue weighted by Gasteiger charge is -2.30. The van der Waals surface area contributed by atoms with Crippen LogP contribution in [0.1, 0.15) is 32.1 Å². The van der Waals surface area contributed by atoms with Gasteiger partial charge >= 0.3 is 6.03 Å². The van der Waals surface area contributed by atoms with E-state index in [1.54, 1.807) is 11.8 Å². The number of carbonyl (C=O) groups excluding carboxylic acids is 1. The van der Waals surface area contributed by atoms with Gasteiger partial charge in [0.25, 0.3) is 0 Å². The maximum absolute atomic E-state index is 11.6. The van der Waals surface area contributed by atoms with E-state index in [0.29, 0.717) is 0 Å².